The van der Waals surface area contributed by atoms with Crippen molar-refractivity contribution < 1.29 is 12.5 Å². The monoisotopic (exact) mass is 283 g/mol. The maximum atomic E-state index is 13.8. The summed E-state index contributed by atoms with van der Waals surface area (Å²) in [6.07, 6.45) is 0.648. The van der Waals surface area contributed by atoms with Crippen molar-refractivity contribution in [3.05, 3.63) is 41.5 Å². The molecule has 1 aliphatic heterocycles. The minimum atomic E-state index is -2.71. The van der Waals surface area contributed by atoms with Crippen molar-refractivity contribution in [2.45, 2.75) is 30.5 Å². The van der Waals surface area contributed by atoms with E-state index < -0.39 is 11.2 Å². The predicted octanol–water partition coefficient (Wildman–Crippen LogP) is 2.51. The molecular formula is C12H11F2N3OS. The van der Waals surface area contributed by atoms with Gasteiger partial charge >= 0.3 is 0 Å². The minimum Gasteiger partial charge on any atom is -0.241 e. The SMILES string of the molecule is C[C@H]1C[C@@H](c2ccccc2F)n2nc(S(=O)F)nc21. The van der Waals surface area contributed by atoms with E-state index in [9.17, 15) is 12.5 Å². The number of fused-ring (bicyclic) bond motifs is 1. The largest absolute Gasteiger partial charge is 0.271 e. The fraction of sp³-hybridized carbons (Fsp3) is 0.333. The van der Waals surface area contributed by atoms with Gasteiger partial charge in [0.1, 0.15) is 11.6 Å². The Morgan fingerprint density at radius 2 is 2.16 bits per heavy atom. The van der Waals surface area contributed by atoms with Gasteiger partial charge in [-0.2, -0.15) is 0 Å². The van der Waals surface area contributed by atoms with Gasteiger partial charge in [-0.1, -0.05) is 25.1 Å². The Hall–Kier alpha value is -1.63. The molecule has 0 radical (unpaired) electrons. The molecule has 0 bridgehead atoms. The van der Waals surface area contributed by atoms with Gasteiger partial charge in [0.15, 0.2) is 0 Å². The summed E-state index contributed by atoms with van der Waals surface area (Å²) in [6.45, 7) is 1.91. The van der Waals surface area contributed by atoms with Crippen molar-refractivity contribution in [2.24, 2.45) is 0 Å². The Bertz CT molecular complexity index is 658. The molecule has 0 saturated carbocycles. The Balaban J connectivity index is 2.09. The first-order chi connectivity index (χ1) is 9.08. The zero-order valence-electron chi connectivity index (χ0n) is 10.1. The molecule has 1 aromatic heterocycles. The van der Waals surface area contributed by atoms with Gasteiger partial charge in [0.2, 0.25) is 0 Å². The summed E-state index contributed by atoms with van der Waals surface area (Å²) in [4.78, 5) is 3.93. The molecule has 2 aromatic rings. The zero-order chi connectivity index (χ0) is 13.6. The third-order valence-corrected chi connectivity index (χ3v) is 3.82. The molecular weight excluding hydrogens is 272 g/mol. The van der Waals surface area contributed by atoms with E-state index in [4.69, 9.17) is 0 Å². The van der Waals surface area contributed by atoms with Gasteiger partial charge in [-0.3, -0.25) is 0 Å². The third-order valence-electron chi connectivity index (χ3n) is 3.36. The van der Waals surface area contributed by atoms with Crippen LogP contribution in [0.1, 0.15) is 36.7 Å². The molecule has 1 aromatic carbocycles. The number of rotatable bonds is 2. The summed E-state index contributed by atoms with van der Waals surface area (Å²) in [6, 6.07) is 6.09. The number of halogens is 2. The van der Waals surface area contributed by atoms with Crippen molar-refractivity contribution in [3.8, 4) is 0 Å². The fourth-order valence-corrected chi connectivity index (χ4v) is 2.81. The highest BCUT2D eigenvalue weighted by Gasteiger charge is 2.34. The van der Waals surface area contributed by atoms with Crippen molar-refractivity contribution in [3.63, 3.8) is 0 Å². The lowest BCUT2D eigenvalue weighted by molar-refractivity contribution is 0.495. The van der Waals surface area contributed by atoms with Crippen LogP contribution in [-0.2, 0) is 11.2 Å². The summed E-state index contributed by atoms with van der Waals surface area (Å²) < 4.78 is 38.9. The second kappa shape index (κ2) is 4.48. The molecule has 0 saturated heterocycles. The lowest BCUT2D eigenvalue weighted by Crippen LogP contribution is -2.09. The number of nitrogens with zero attached hydrogens (tertiary/aromatic N) is 3. The highest BCUT2D eigenvalue weighted by molar-refractivity contribution is 7.79. The van der Waals surface area contributed by atoms with Crippen LogP contribution in [0.4, 0.5) is 8.28 Å². The summed E-state index contributed by atoms with van der Waals surface area (Å²) >= 11 is -2.71. The first-order valence-corrected chi connectivity index (χ1v) is 6.92. The molecule has 4 nitrogen and oxygen atoms in total. The van der Waals surface area contributed by atoms with E-state index in [1.54, 1.807) is 18.2 Å². The smallest absolute Gasteiger partial charge is 0.241 e. The number of aromatic nitrogens is 3. The van der Waals surface area contributed by atoms with Crippen LogP contribution in [0.3, 0.4) is 0 Å². The topological polar surface area (TPSA) is 47.8 Å². The number of hydrogen-bond acceptors (Lipinski definition) is 3. The zero-order valence-corrected chi connectivity index (χ0v) is 10.9. The van der Waals surface area contributed by atoms with E-state index in [1.807, 2.05) is 6.92 Å². The van der Waals surface area contributed by atoms with Gasteiger partial charge in [0, 0.05) is 11.5 Å². The molecule has 0 amide bonds. The average Bonchev–Trinajstić information content (AvgIpc) is 2.92. The van der Waals surface area contributed by atoms with E-state index in [0.29, 0.717) is 17.8 Å². The van der Waals surface area contributed by atoms with Crippen LogP contribution in [0, 0.1) is 5.82 Å². The molecule has 7 heteroatoms. The quantitative estimate of drug-likeness (QED) is 0.796. The van der Waals surface area contributed by atoms with Crippen LogP contribution in [0.2, 0.25) is 0 Å². The molecule has 0 spiro atoms. The van der Waals surface area contributed by atoms with Gasteiger partial charge in [-0.05, 0) is 12.5 Å². The molecule has 0 fully saturated rings. The fourth-order valence-electron chi connectivity index (χ4n) is 2.49. The maximum Gasteiger partial charge on any atom is 0.271 e. The lowest BCUT2D eigenvalue weighted by atomic mass is 10.00. The van der Waals surface area contributed by atoms with Gasteiger partial charge < -0.3 is 0 Å². The highest BCUT2D eigenvalue weighted by atomic mass is 32.2. The van der Waals surface area contributed by atoms with Gasteiger partial charge in [-0.25, -0.2) is 18.3 Å². The predicted molar refractivity (Wildman–Crippen MR) is 65.1 cm³/mol. The first kappa shape index (κ1) is 12.4. The van der Waals surface area contributed by atoms with Crippen molar-refractivity contribution in [1.82, 2.24) is 14.8 Å². The molecule has 19 heavy (non-hydrogen) atoms. The standard InChI is InChI=1S/C12H11F2N3OS/c1-7-6-10(8-4-2-3-5-9(8)13)17-11(7)15-12(16-17)19(14)18/h2-5,7,10H,6H2,1H3/t7-,10-,19?/m0/s1. The Kier molecular flexibility index (Phi) is 2.93. The summed E-state index contributed by atoms with van der Waals surface area (Å²) in [7, 11) is 0. The lowest BCUT2D eigenvalue weighted by Gasteiger charge is -2.12. The van der Waals surface area contributed by atoms with Crippen molar-refractivity contribution in [1.29, 1.82) is 0 Å². The maximum absolute atomic E-state index is 13.8. The molecule has 3 rings (SSSR count). The van der Waals surface area contributed by atoms with Gasteiger partial charge in [-0.15, -0.1) is 8.98 Å². The van der Waals surface area contributed by atoms with Crippen LogP contribution in [0.25, 0.3) is 0 Å². The average molecular weight is 283 g/mol. The van der Waals surface area contributed by atoms with E-state index in [1.165, 1.54) is 10.7 Å². The van der Waals surface area contributed by atoms with Crippen LogP contribution in [0.15, 0.2) is 29.4 Å². The normalized spacial score (nSPS) is 23.3. The summed E-state index contributed by atoms with van der Waals surface area (Å²) in [5.41, 5.74) is 0.495. The third kappa shape index (κ3) is 1.98. The van der Waals surface area contributed by atoms with Crippen LogP contribution in [0.5, 0.6) is 0 Å². The minimum absolute atomic E-state index is 0.0226. The van der Waals surface area contributed by atoms with Gasteiger partial charge in [0.25, 0.3) is 16.3 Å². The summed E-state index contributed by atoms with van der Waals surface area (Å²) in [5.74, 6) is 0.245. The number of hydrogen-bond donors (Lipinski definition) is 0. The van der Waals surface area contributed by atoms with Crippen LogP contribution >= 0.6 is 0 Å². The van der Waals surface area contributed by atoms with E-state index in [0.717, 1.165) is 0 Å². The molecule has 3 atom stereocenters. The highest BCUT2D eigenvalue weighted by Crippen LogP contribution is 2.39. The second-order valence-electron chi connectivity index (χ2n) is 4.59. The first-order valence-electron chi connectivity index (χ1n) is 5.87. The van der Waals surface area contributed by atoms with Crippen LogP contribution in [-0.4, -0.2) is 19.0 Å². The Morgan fingerprint density at radius 1 is 1.42 bits per heavy atom. The van der Waals surface area contributed by atoms with Crippen LogP contribution < -0.4 is 0 Å². The Morgan fingerprint density at radius 3 is 2.84 bits per heavy atom. The van der Waals surface area contributed by atoms with E-state index in [-0.39, 0.29) is 22.9 Å². The molecule has 2 heterocycles. The Labute approximate surface area is 111 Å². The summed E-state index contributed by atoms with van der Waals surface area (Å²) in [5, 5.41) is 3.56. The van der Waals surface area contributed by atoms with Crippen molar-refractivity contribution in [2.75, 3.05) is 0 Å². The van der Waals surface area contributed by atoms with Crippen molar-refractivity contribution >= 4 is 11.2 Å². The van der Waals surface area contributed by atoms with Gasteiger partial charge in [0.05, 0.1) is 6.04 Å². The van der Waals surface area contributed by atoms with E-state index >= 15 is 0 Å². The second-order valence-corrected chi connectivity index (χ2v) is 5.41. The molecule has 0 aliphatic carbocycles. The molecule has 1 aliphatic rings. The molecule has 0 N–H and O–H groups in total. The molecule has 100 valence electrons. The molecule has 1 unspecified atom stereocenters. The van der Waals surface area contributed by atoms with E-state index in [2.05, 4.69) is 10.1 Å². The number of benzene rings is 1.